The van der Waals surface area contributed by atoms with Crippen LogP contribution in [0.15, 0.2) is 81.6 Å². The summed E-state index contributed by atoms with van der Waals surface area (Å²) >= 11 is 2.82. The Kier molecular flexibility index (Phi) is 14.7. The molecule has 4 amide bonds. The summed E-state index contributed by atoms with van der Waals surface area (Å²) < 4.78 is 15.8. The first-order valence-corrected chi connectivity index (χ1v) is 24.6. The molecule has 0 radical (unpaired) electrons. The van der Waals surface area contributed by atoms with Gasteiger partial charge >= 0.3 is 0 Å². The maximum atomic E-state index is 15.0. The summed E-state index contributed by atoms with van der Waals surface area (Å²) in [5.74, 6) is -2.31. The number of carbonyl (C=O) groups excluding carboxylic acids is 4. The van der Waals surface area contributed by atoms with E-state index in [0.29, 0.717) is 23.6 Å². The van der Waals surface area contributed by atoms with E-state index in [1.807, 2.05) is 95.6 Å². The van der Waals surface area contributed by atoms with E-state index >= 15 is 0 Å². The van der Waals surface area contributed by atoms with Gasteiger partial charge in [0, 0.05) is 49.0 Å². The highest BCUT2D eigenvalue weighted by molar-refractivity contribution is 7.13. The van der Waals surface area contributed by atoms with Gasteiger partial charge in [-0.05, 0) is 85.8 Å². The van der Waals surface area contributed by atoms with Crippen molar-refractivity contribution in [3.8, 4) is 21.8 Å². The Balaban J connectivity index is 1.00. The molecule has 8 atom stereocenters. The van der Waals surface area contributed by atoms with Crippen LogP contribution in [0.4, 0.5) is 0 Å². The van der Waals surface area contributed by atoms with Gasteiger partial charge in [0.2, 0.25) is 23.6 Å². The van der Waals surface area contributed by atoms with Gasteiger partial charge in [-0.15, -0.1) is 11.3 Å². The smallest absolute Gasteiger partial charge is 0.243 e. The number of aromatic nitrogens is 4. The minimum Gasteiger partial charge on any atom is -0.444 e. The number of thiazole rings is 1. The van der Waals surface area contributed by atoms with Crippen molar-refractivity contribution in [2.24, 2.45) is 11.8 Å². The zero-order valence-corrected chi connectivity index (χ0v) is 40.8. The number of oxazole rings is 1. The standard InChI is InChI=1S/C50H58N8O8S2/c1-26(2)44(41-15-28(4)55-66-41)49(63)58-23-37(60)19-40(58)48(62)54-30(6)34-12-13-38(42-21-51-24-65-42)35(17-34)14-27(3)45(43-16-29(5)56-68-43)50(64)57-22-36(59)18-39(57)47(61)52-20-32-8-10-33(11-9-32)46-31(7)53-25-67-46/h8-13,15-17,21,24-27,30,36-37,39-40,44-45,59-60H,14,18-20,22-23H2,1-7H3,(H,52,61)(H,54,62)/t27?,30-,36+,37+,39-,40-,44+,45+/m0/s1. The molecule has 6 heterocycles. The van der Waals surface area contributed by atoms with Gasteiger partial charge in [-0.25, -0.2) is 9.97 Å². The monoisotopic (exact) mass is 962 g/mol. The molecule has 16 nitrogen and oxygen atoms in total. The molecule has 2 fully saturated rings. The fourth-order valence-corrected chi connectivity index (χ4v) is 11.4. The lowest BCUT2D eigenvalue weighted by atomic mass is 9.83. The molecule has 2 aliphatic heterocycles. The van der Waals surface area contributed by atoms with Crippen LogP contribution in [0.3, 0.4) is 0 Å². The minimum absolute atomic E-state index is 0.00966. The number of β-amino-alcohol motifs (C(OH)–C–C–N with tert-alkyl or cyclic N) is 2. The van der Waals surface area contributed by atoms with E-state index in [4.69, 9.17) is 8.94 Å². The number of carbonyl (C=O) groups is 4. The van der Waals surface area contributed by atoms with E-state index in [1.54, 1.807) is 30.5 Å². The molecule has 0 saturated carbocycles. The third-order valence-electron chi connectivity index (χ3n) is 13.1. The van der Waals surface area contributed by atoms with Gasteiger partial charge in [0.25, 0.3) is 0 Å². The first-order chi connectivity index (χ1) is 32.6. The summed E-state index contributed by atoms with van der Waals surface area (Å²) in [4.78, 5) is 70.3. The van der Waals surface area contributed by atoms with Crippen LogP contribution in [0.5, 0.6) is 0 Å². The van der Waals surface area contributed by atoms with Crippen LogP contribution in [0.2, 0.25) is 0 Å². The van der Waals surface area contributed by atoms with Gasteiger partial charge in [-0.3, -0.25) is 19.2 Å². The zero-order valence-electron chi connectivity index (χ0n) is 39.2. The molecule has 0 aliphatic carbocycles. The molecule has 4 N–H and O–H groups in total. The molecule has 0 spiro atoms. The highest BCUT2D eigenvalue weighted by Crippen LogP contribution is 2.38. The Morgan fingerprint density at radius 3 is 2.13 bits per heavy atom. The van der Waals surface area contributed by atoms with Crippen LogP contribution >= 0.6 is 22.9 Å². The zero-order chi connectivity index (χ0) is 48.4. The van der Waals surface area contributed by atoms with Crippen molar-refractivity contribution in [1.29, 1.82) is 0 Å². The molecule has 2 aromatic carbocycles. The normalized spacial score (nSPS) is 20.1. The number of aliphatic hydroxyl groups is 2. The Hall–Kier alpha value is -6.08. The molecule has 358 valence electrons. The molecule has 6 aromatic rings. The molecule has 0 bridgehead atoms. The van der Waals surface area contributed by atoms with Crippen LogP contribution in [-0.2, 0) is 32.1 Å². The van der Waals surface area contributed by atoms with Gasteiger partial charge in [0.1, 0.15) is 23.8 Å². The quantitative estimate of drug-likeness (QED) is 0.0802. The van der Waals surface area contributed by atoms with E-state index in [2.05, 4.69) is 30.1 Å². The fourth-order valence-electron chi connectivity index (χ4n) is 9.57. The average Bonchev–Trinajstić information content (AvgIpc) is 4.18. The van der Waals surface area contributed by atoms with E-state index in [9.17, 15) is 29.4 Å². The predicted molar refractivity (Wildman–Crippen MR) is 256 cm³/mol. The molecular formula is C50H58N8O8S2. The van der Waals surface area contributed by atoms with E-state index in [1.165, 1.54) is 27.7 Å². The summed E-state index contributed by atoms with van der Waals surface area (Å²) in [5.41, 5.74) is 8.48. The molecule has 2 saturated heterocycles. The summed E-state index contributed by atoms with van der Waals surface area (Å²) in [6.45, 7) is 13.6. The topological polar surface area (TPSA) is 217 Å². The van der Waals surface area contributed by atoms with Gasteiger partial charge in [0.15, 0.2) is 12.2 Å². The second-order valence-corrected chi connectivity index (χ2v) is 20.3. The molecule has 8 rings (SSSR count). The third kappa shape index (κ3) is 10.5. The van der Waals surface area contributed by atoms with Crippen molar-refractivity contribution in [1.82, 2.24) is 39.9 Å². The lowest BCUT2D eigenvalue weighted by Gasteiger charge is -2.31. The molecule has 1 unspecified atom stereocenters. The number of aliphatic hydroxyl groups excluding tert-OH is 2. The summed E-state index contributed by atoms with van der Waals surface area (Å²) in [6.07, 6.45) is 1.78. The first kappa shape index (κ1) is 48.4. The molecular weight excluding hydrogens is 905 g/mol. The number of rotatable bonds is 16. The predicted octanol–water partition coefficient (Wildman–Crippen LogP) is 6.65. The Bertz CT molecular complexity index is 2730. The van der Waals surface area contributed by atoms with E-state index in [0.717, 1.165) is 49.0 Å². The van der Waals surface area contributed by atoms with Crippen molar-refractivity contribution >= 4 is 46.5 Å². The maximum absolute atomic E-state index is 15.0. The first-order valence-electron chi connectivity index (χ1n) is 23.0. The van der Waals surface area contributed by atoms with Crippen LogP contribution in [0, 0.1) is 32.6 Å². The number of hydrogen-bond donors (Lipinski definition) is 4. The summed E-state index contributed by atoms with van der Waals surface area (Å²) in [6, 6.07) is 15.0. The van der Waals surface area contributed by atoms with Crippen molar-refractivity contribution in [2.45, 2.75) is 116 Å². The Morgan fingerprint density at radius 1 is 0.853 bits per heavy atom. The highest BCUT2D eigenvalue weighted by atomic mass is 32.1. The van der Waals surface area contributed by atoms with Crippen LogP contribution in [-0.4, -0.2) is 101 Å². The highest BCUT2D eigenvalue weighted by Gasteiger charge is 2.45. The van der Waals surface area contributed by atoms with Crippen molar-refractivity contribution in [3.05, 3.63) is 117 Å². The molecule has 2 aliphatic rings. The van der Waals surface area contributed by atoms with Crippen molar-refractivity contribution < 1.29 is 38.3 Å². The average molecular weight is 963 g/mol. The number of hydrogen-bond acceptors (Lipinski definition) is 14. The van der Waals surface area contributed by atoms with Gasteiger partial charge in [-0.1, -0.05) is 68.4 Å². The van der Waals surface area contributed by atoms with E-state index in [-0.39, 0.29) is 62.0 Å². The van der Waals surface area contributed by atoms with Crippen LogP contribution < -0.4 is 10.6 Å². The number of likely N-dealkylation sites (tertiary alicyclic amines) is 2. The van der Waals surface area contributed by atoms with Crippen LogP contribution in [0.25, 0.3) is 21.8 Å². The number of amides is 4. The number of aryl methyl sites for hydroxylation is 3. The van der Waals surface area contributed by atoms with Crippen molar-refractivity contribution in [3.63, 3.8) is 0 Å². The lowest BCUT2D eigenvalue weighted by Crippen LogP contribution is -2.48. The van der Waals surface area contributed by atoms with E-state index < -0.39 is 48.1 Å². The van der Waals surface area contributed by atoms with Crippen molar-refractivity contribution in [2.75, 3.05) is 13.1 Å². The lowest BCUT2D eigenvalue weighted by molar-refractivity contribution is -0.141. The van der Waals surface area contributed by atoms with Gasteiger partial charge in [-0.2, -0.15) is 4.37 Å². The van der Waals surface area contributed by atoms with Gasteiger partial charge in [0.05, 0.1) is 57.8 Å². The maximum Gasteiger partial charge on any atom is 0.243 e. The second kappa shape index (κ2) is 20.6. The number of benzene rings is 2. The van der Waals surface area contributed by atoms with Gasteiger partial charge < -0.3 is 39.6 Å². The molecule has 68 heavy (non-hydrogen) atoms. The largest absolute Gasteiger partial charge is 0.444 e. The summed E-state index contributed by atoms with van der Waals surface area (Å²) in [7, 11) is 0. The fraction of sp³-hybridized carbons (Fsp3) is 0.440. The molecule has 18 heteroatoms. The van der Waals surface area contributed by atoms with Crippen LogP contribution in [0.1, 0.15) is 103 Å². The number of nitrogens with zero attached hydrogens (tertiary/aromatic N) is 6. The SMILES string of the molecule is Cc1cc([C@H](C(=O)N2C[C@H](O)C[C@H]2C(=O)N[C@@H](C)c2ccc(-c3cnco3)c(CC(C)[C@@H](C(=O)N3C[C@H](O)C[C@H]3C(=O)NCc3ccc(-c4scnc4C)cc3)c3cc(C)ns3)c2)C(C)C)on1. The Labute approximate surface area is 403 Å². The second-order valence-electron chi connectivity index (χ2n) is 18.6. The summed E-state index contributed by atoms with van der Waals surface area (Å²) in [5, 5.41) is 31.8. The minimum atomic E-state index is -0.909. The Morgan fingerprint density at radius 2 is 1.54 bits per heavy atom. The third-order valence-corrected chi connectivity index (χ3v) is 15.0. The molecule has 4 aromatic heterocycles. The number of nitrogens with one attached hydrogen (secondary N) is 2.